The van der Waals surface area contributed by atoms with Crippen LogP contribution in [0.15, 0.2) is 35.1 Å². The number of anilines is 1. The summed E-state index contributed by atoms with van der Waals surface area (Å²) in [6, 6.07) is 8.51. The van der Waals surface area contributed by atoms with E-state index in [-0.39, 0.29) is 17.2 Å². The fourth-order valence-corrected chi connectivity index (χ4v) is 1.87. The summed E-state index contributed by atoms with van der Waals surface area (Å²) in [4.78, 5) is 23.6. The predicted octanol–water partition coefficient (Wildman–Crippen LogP) is 2.13. The summed E-state index contributed by atoms with van der Waals surface area (Å²) in [5.41, 5.74) is 2.90. The van der Waals surface area contributed by atoms with E-state index in [1.165, 1.54) is 16.8 Å². The van der Waals surface area contributed by atoms with Crippen molar-refractivity contribution in [3.63, 3.8) is 0 Å². The molecule has 2 rings (SSSR count). The minimum absolute atomic E-state index is 0.212. The molecule has 5 nitrogen and oxygen atoms in total. The molecule has 0 radical (unpaired) electrons. The Morgan fingerprint density at radius 2 is 2.00 bits per heavy atom. The summed E-state index contributed by atoms with van der Waals surface area (Å²) in [7, 11) is 0. The molecule has 0 spiro atoms. The first-order valence-corrected chi connectivity index (χ1v) is 6.48. The Hall–Kier alpha value is -2.43. The van der Waals surface area contributed by atoms with Gasteiger partial charge in [-0.3, -0.25) is 9.59 Å². The Balaban J connectivity index is 2.28. The van der Waals surface area contributed by atoms with E-state index in [2.05, 4.69) is 10.4 Å². The van der Waals surface area contributed by atoms with Crippen LogP contribution in [0, 0.1) is 13.8 Å². The van der Waals surface area contributed by atoms with Crippen LogP contribution in [0.4, 0.5) is 5.69 Å². The molecule has 1 aromatic heterocycles. The Labute approximate surface area is 117 Å². The van der Waals surface area contributed by atoms with E-state index in [1.54, 1.807) is 6.92 Å². The second kappa shape index (κ2) is 5.69. The van der Waals surface area contributed by atoms with Crippen molar-refractivity contribution in [2.45, 2.75) is 27.3 Å². The van der Waals surface area contributed by atoms with Gasteiger partial charge in [0.15, 0.2) is 0 Å². The maximum absolute atomic E-state index is 12.2. The Morgan fingerprint density at radius 1 is 1.25 bits per heavy atom. The quantitative estimate of drug-likeness (QED) is 0.930. The molecule has 1 amide bonds. The largest absolute Gasteiger partial charge is 0.320 e. The Morgan fingerprint density at radius 3 is 2.70 bits per heavy atom. The van der Waals surface area contributed by atoms with Gasteiger partial charge in [0.1, 0.15) is 5.69 Å². The van der Waals surface area contributed by atoms with Crippen LogP contribution in [0.2, 0.25) is 0 Å². The van der Waals surface area contributed by atoms with Crippen molar-refractivity contribution in [1.29, 1.82) is 0 Å². The first kappa shape index (κ1) is 14.0. The SMILES string of the molecule is CCn1nc(C(=O)Nc2cccc(C)c2C)ccc1=O. The first-order chi connectivity index (χ1) is 9.52. The minimum atomic E-state index is -0.319. The molecule has 1 N–H and O–H groups in total. The average molecular weight is 271 g/mol. The molecule has 0 unspecified atom stereocenters. The number of hydrogen-bond acceptors (Lipinski definition) is 3. The van der Waals surface area contributed by atoms with Gasteiger partial charge in [0.25, 0.3) is 11.5 Å². The zero-order valence-electron chi connectivity index (χ0n) is 11.8. The van der Waals surface area contributed by atoms with Crippen LogP contribution in [-0.2, 0) is 6.54 Å². The lowest BCUT2D eigenvalue weighted by Crippen LogP contribution is -2.25. The number of nitrogens with zero attached hydrogens (tertiary/aromatic N) is 2. The number of benzene rings is 1. The molecule has 104 valence electrons. The van der Waals surface area contributed by atoms with Crippen LogP contribution in [0.3, 0.4) is 0 Å². The van der Waals surface area contributed by atoms with Crippen LogP contribution in [0.25, 0.3) is 0 Å². The van der Waals surface area contributed by atoms with E-state index < -0.39 is 0 Å². The molecular weight excluding hydrogens is 254 g/mol. The highest BCUT2D eigenvalue weighted by Gasteiger charge is 2.11. The molecule has 0 bridgehead atoms. The number of nitrogens with one attached hydrogen (secondary N) is 1. The number of aromatic nitrogens is 2. The van der Waals surface area contributed by atoms with Crippen LogP contribution in [0.1, 0.15) is 28.5 Å². The molecule has 0 aliphatic carbocycles. The van der Waals surface area contributed by atoms with Gasteiger partial charge < -0.3 is 5.32 Å². The molecule has 0 saturated heterocycles. The molecule has 1 aromatic carbocycles. The fraction of sp³-hybridized carbons (Fsp3) is 0.267. The van der Waals surface area contributed by atoms with Gasteiger partial charge in [-0.25, -0.2) is 4.68 Å². The third kappa shape index (κ3) is 2.77. The second-order valence-corrected chi connectivity index (χ2v) is 4.57. The number of carbonyl (C=O) groups is 1. The van der Waals surface area contributed by atoms with Gasteiger partial charge in [0.2, 0.25) is 0 Å². The highest BCUT2D eigenvalue weighted by molar-refractivity contribution is 6.03. The van der Waals surface area contributed by atoms with Gasteiger partial charge in [-0.2, -0.15) is 5.10 Å². The number of rotatable bonds is 3. The minimum Gasteiger partial charge on any atom is -0.320 e. The van der Waals surface area contributed by atoms with Gasteiger partial charge in [-0.1, -0.05) is 12.1 Å². The summed E-state index contributed by atoms with van der Waals surface area (Å²) in [6.07, 6.45) is 0. The van der Waals surface area contributed by atoms with Gasteiger partial charge >= 0.3 is 0 Å². The second-order valence-electron chi connectivity index (χ2n) is 4.57. The van der Waals surface area contributed by atoms with Crippen LogP contribution >= 0.6 is 0 Å². The topological polar surface area (TPSA) is 64.0 Å². The van der Waals surface area contributed by atoms with Crippen molar-refractivity contribution in [1.82, 2.24) is 9.78 Å². The average Bonchev–Trinajstić information content (AvgIpc) is 2.44. The maximum atomic E-state index is 12.2. The number of amides is 1. The number of aryl methyl sites for hydroxylation is 2. The standard InChI is InChI=1S/C15H17N3O2/c1-4-18-14(19)9-8-13(17-18)15(20)16-12-7-5-6-10(2)11(12)3/h5-9H,4H2,1-3H3,(H,16,20). The molecule has 0 fully saturated rings. The normalized spacial score (nSPS) is 10.3. The van der Waals surface area contributed by atoms with E-state index in [4.69, 9.17) is 0 Å². The Kier molecular flexibility index (Phi) is 3.98. The summed E-state index contributed by atoms with van der Waals surface area (Å²) in [6.45, 7) is 6.18. The van der Waals surface area contributed by atoms with Crippen molar-refractivity contribution in [3.05, 3.63) is 57.5 Å². The summed E-state index contributed by atoms with van der Waals surface area (Å²) >= 11 is 0. The summed E-state index contributed by atoms with van der Waals surface area (Å²) < 4.78 is 1.26. The van der Waals surface area contributed by atoms with Crippen LogP contribution < -0.4 is 10.9 Å². The monoisotopic (exact) mass is 271 g/mol. The molecule has 0 aliphatic rings. The van der Waals surface area contributed by atoms with Crippen molar-refractivity contribution in [2.75, 3.05) is 5.32 Å². The lowest BCUT2D eigenvalue weighted by atomic mass is 10.1. The number of hydrogen-bond donors (Lipinski definition) is 1. The third-order valence-corrected chi connectivity index (χ3v) is 3.25. The van der Waals surface area contributed by atoms with E-state index in [0.29, 0.717) is 6.54 Å². The lowest BCUT2D eigenvalue weighted by Gasteiger charge is -2.10. The van der Waals surface area contributed by atoms with E-state index in [1.807, 2.05) is 32.0 Å². The molecule has 5 heteroatoms. The molecule has 0 atom stereocenters. The molecule has 20 heavy (non-hydrogen) atoms. The third-order valence-electron chi connectivity index (χ3n) is 3.25. The van der Waals surface area contributed by atoms with Crippen LogP contribution in [-0.4, -0.2) is 15.7 Å². The van der Waals surface area contributed by atoms with Crippen molar-refractivity contribution >= 4 is 11.6 Å². The van der Waals surface area contributed by atoms with Gasteiger partial charge in [0.05, 0.1) is 0 Å². The van der Waals surface area contributed by atoms with Crippen molar-refractivity contribution < 1.29 is 4.79 Å². The maximum Gasteiger partial charge on any atom is 0.276 e. The predicted molar refractivity (Wildman–Crippen MR) is 78.0 cm³/mol. The smallest absolute Gasteiger partial charge is 0.276 e. The van der Waals surface area contributed by atoms with Gasteiger partial charge in [0, 0.05) is 18.3 Å². The molecule has 0 aliphatic heterocycles. The van der Waals surface area contributed by atoms with Gasteiger partial charge in [-0.05, 0) is 44.0 Å². The molecule has 0 saturated carbocycles. The zero-order chi connectivity index (χ0) is 14.7. The number of carbonyl (C=O) groups excluding carboxylic acids is 1. The fourth-order valence-electron chi connectivity index (χ4n) is 1.87. The molecular formula is C15H17N3O2. The zero-order valence-corrected chi connectivity index (χ0v) is 11.8. The highest BCUT2D eigenvalue weighted by Crippen LogP contribution is 2.18. The lowest BCUT2D eigenvalue weighted by molar-refractivity contribution is 0.102. The molecule has 1 heterocycles. The van der Waals surface area contributed by atoms with E-state index in [0.717, 1.165) is 16.8 Å². The molecule has 2 aromatic rings. The highest BCUT2D eigenvalue weighted by atomic mass is 16.2. The first-order valence-electron chi connectivity index (χ1n) is 6.48. The van der Waals surface area contributed by atoms with E-state index >= 15 is 0 Å². The van der Waals surface area contributed by atoms with Crippen molar-refractivity contribution in [3.8, 4) is 0 Å². The van der Waals surface area contributed by atoms with E-state index in [9.17, 15) is 9.59 Å². The van der Waals surface area contributed by atoms with Crippen molar-refractivity contribution in [2.24, 2.45) is 0 Å². The Bertz CT molecular complexity index is 705. The van der Waals surface area contributed by atoms with Crippen LogP contribution in [0.5, 0.6) is 0 Å². The van der Waals surface area contributed by atoms with Gasteiger partial charge in [-0.15, -0.1) is 0 Å². The summed E-state index contributed by atoms with van der Waals surface area (Å²) in [5, 5.41) is 6.85. The summed E-state index contributed by atoms with van der Waals surface area (Å²) in [5.74, 6) is -0.319.